The van der Waals surface area contributed by atoms with Gasteiger partial charge in [-0.15, -0.1) is 11.3 Å². The Balaban J connectivity index is 0.889. The summed E-state index contributed by atoms with van der Waals surface area (Å²) in [7, 11) is 0. The Morgan fingerprint density at radius 3 is 1.74 bits per heavy atom. The molecule has 5 heterocycles. The molecule has 0 spiro atoms. The van der Waals surface area contributed by atoms with Crippen molar-refractivity contribution < 1.29 is 8.83 Å². The molecule has 5 aromatic heterocycles. The summed E-state index contributed by atoms with van der Waals surface area (Å²) < 4.78 is 18.2. The average molecular weight is 989 g/mol. The molecule has 16 rings (SSSR count). The van der Waals surface area contributed by atoms with E-state index in [1.807, 2.05) is 72.0 Å². The summed E-state index contributed by atoms with van der Waals surface area (Å²) in [5.41, 5.74) is 15.9. The number of benzene rings is 11. The fourth-order valence-electron chi connectivity index (χ4n) is 11.6. The predicted octanol–water partition coefficient (Wildman–Crippen LogP) is 19.1. The maximum Gasteiger partial charge on any atom is 0.164 e. The van der Waals surface area contributed by atoms with Gasteiger partial charge in [0.1, 0.15) is 22.3 Å². The highest BCUT2D eigenvalue weighted by Crippen LogP contribution is 2.46. The molecule has 0 N–H and O–H groups in total. The summed E-state index contributed by atoms with van der Waals surface area (Å²) in [6.45, 7) is 0. The van der Waals surface area contributed by atoms with E-state index in [2.05, 4.69) is 187 Å². The van der Waals surface area contributed by atoms with Crippen LogP contribution >= 0.6 is 11.3 Å². The van der Waals surface area contributed by atoms with Crippen LogP contribution in [0.4, 0.5) is 0 Å². The van der Waals surface area contributed by atoms with Crippen molar-refractivity contribution in [3.05, 3.63) is 243 Å². The second-order valence-corrected chi connectivity index (χ2v) is 20.5. The molecule has 0 bridgehead atoms. The second-order valence-electron chi connectivity index (χ2n) is 19.4. The molecule has 354 valence electrons. The lowest BCUT2D eigenvalue weighted by molar-refractivity contribution is 0.668. The van der Waals surface area contributed by atoms with Crippen molar-refractivity contribution in [3.63, 3.8) is 0 Å². The molecule has 0 aliphatic heterocycles. The summed E-state index contributed by atoms with van der Waals surface area (Å²) >= 11 is 1.86. The first-order valence-corrected chi connectivity index (χ1v) is 26.3. The van der Waals surface area contributed by atoms with E-state index in [-0.39, 0.29) is 0 Å². The van der Waals surface area contributed by atoms with E-state index >= 15 is 0 Å². The van der Waals surface area contributed by atoms with E-state index in [1.54, 1.807) is 0 Å². The summed E-state index contributed by atoms with van der Waals surface area (Å²) in [5.74, 6) is 1.66. The smallest absolute Gasteiger partial charge is 0.164 e. The maximum absolute atomic E-state index is 6.71. The van der Waals surface area contributed by atoms with Crippen molar-refractivity contribution in [2.45, 2.75) is 0 Å². The number of nitrogens with zero attached hydrogens (tertiary/aromatic N) is 4. The van der Waals surface area contributed by atoms with Crippen LogP contribution in [0.25, 0.3) is 159 Å². The Kier molecular flexibility index (Phi) is 9.40. The zero-order valence-electron chi connectivity index (χ0n) is 40.6. The van der Waals surface area contributed by atoms with Crippen molar-refractivity contribution in [1.82, 2.24) is 19.5 Å². The Labute approximate surface area is 439 Å². The molecule has 0 unspecified atom stereocenters. The Morgan fingerprint density at radius 2 is 0.895 bits per heavy atom. The van der Waals surface area contributed by atoms with Gasteiger partial charge in [0, 0.05) is 80.4 Å². The zero-order valence-corrected chi connectivity index (χ0v) is 41.4. The van der Waals surface area contributed by atoms with Gasteiger partial charge in [-0.1, -0.05) is 158 Å². The minimum atomic E-state index is 0.542. The molecule has 16 aromatic rings. The molecule has 0 saturated heterocycles. The SMILES string of the molecule is c1ccc(-c2nc(-c3cc(-c4ccccc4)c4c(c3)oc3ccccc34)nc(-c3cccc4oc5ccc(-c6cc(-c7ccc8c(c7)c7ccccc7n8-c7ccccc7)c7sc8ccccc8c7c6)cc5c34)n2)cc1. The lowest BCUT2D eigenvalue weighted by Crippen LogP contribution is -2.00. The molecule has 0 fully saturated rings. The molecule has 7 heteroatoms. The fraction of sp³-hybridized carbons (Fsp3) is 0. The van der Waals surface area contributed by atoms with Crippen molar-refractivity contribution in [3.8, 4) is 73.2 Å². The first-order valence-electron chi connectivity index (χ1n) is 25.5. The molecule has 0 saturated carbocycles. The van der Waals surface area contributed by atoms with Crippen LogP contribution in [-0.2, 0) is 0 Å². The van der Waals surface area contributed by atoms with Gasteiger partial charge in [-0.3, -0.25) is 0 Å². The van der Waals surface area contributed by atoms with Gasteiger partial charge in [0.25, 0.3) is 0 Å². The van der Waals surface area contributed by atoms with Crippen LogP contribution in [0.1, 0.15) is 0 Å². The Bertz CT molecular complexity index is 4990. The largest absolute Gasteiger partial charge is 0.456 e. The highest BCUT2D eigenvalue weighted by molar-refractivity contribution is 7.26. The van der Waals surface area contributed by atoms with Crippen LogP contribution in [0.3, 0.4) is 0 Å². The number of aromatic nitrogens is 4. The van der Waals surface area contributed by atoms with E-state index in [0.29, 0.717) is 17.5 Å². The number of rotatable bonds is 7. The molecule has 76 heavy (non-hydrogen) atoms. The summed E-state index contributed by atoms with van der Waals surface area (Å²) in [6, 6.07) is 85.7. The lowest BCUT2D eigenvalue weighted by atomic mass is 9.94. The van der Waals surface area contributed by atoms with E-state index < -0.39 is 0 Å². The fourth-order valence-corrected chi connectivity index (χ4v) is 12.8. The summed E-state index contributed by atoms with van der Waals surface area (Å²) in [5, 5.41) is 8.97. The lowest BCUT2D eigenvalue weighted by Gasteiger charge is -2.12. The third-order valence-corrected chi connectivity index (χ3v) is 16.3. The van der Waals surface area contributed by atoms with Crippen molar-refractivity contribution >= 4 is 97.2 Å². The number of para-hydroxylation sites is 3. The number of furan rings is 2. The highest BCUT2D eigenvalue weighted by atomic mass is 32.1. The molecule has 0 atom stereocenters. The first kappa shape index (κ1) is 42.5. The van der Waals surface area contributed by atoms with Gasteiger partial charge in [0.2, 0.25) is 0 Å². The topological polar surface area (TPSA) is 69.9 Å². The standard InChI is InChI=1S/C69H40N4O2S/c1-4-17-41(18-5-1)52-39-46(40-62-64(52)50-25-11-14-28-59(50)75-62)68-70-67(42-19-6-2-7-20-42)71-69(72-68)51-26-16-29-61-65(51)56-35-43(32-34-60(56)74-61)45-37-53(66-55(38-45)49-24-12-15-30-63(49)76-66)44-31-33-58-54(36-44)48-23-10-13-27-57(48)73(58)47-21-8-3-9-22-47/h1-40H. The van der Waals surface area contributed by atoms with Crippen LogP contribution in [0.2, 0.25) is 0 Å². The Hall–Kier alpha value is -9.95. The van der Waals surface area contributed by atoms with Crippen molar-refractivity contribution in [2.24, 2.45) is 0 Å². The van der Waals surface area contributed by atoms with E-state index in [9.17, 15) is 0 Å². The molecule has 0 radical (unpaired) electrons. The van der Waals surface area contributed by atoms with Crippen LogP contribution in [0, 0.1) is 0 Å². The number of hydrogen-bond donors (Lipinski definition) is 0. The quantitative estimate of drug-likeness (QED) is 0.159. The second kappa shape index (κ2) is 16.8. The summed E-state index contributed by atoms with van der Waals surface area (Å²) in [6.07, 6.45) is 0. The first-order chi connectivity index (χ1) is 37.6. The molecular weight excluding hydrogens is 949 g/mol. The number of hydrogen-bond acceptors (Lipinski definition) is 6. The van der Waals surface area contributed by atoms with Gasteiger partial charge >= 0.3 is 0 Å². The molecular formula is C69H40N4O2S. The molecule has 0 aliphatic carbocycles. The molecule has 11 aromatic carbocycles. The van der Waals surface area contributed by atoms with Gasteiger partial charge in [0.15, 0.2) is 17.5 Å². The van der Waals surface area contributed by atoms with Gasteiger partial charge in [-0.05, 0) is 113 Å². The van der Waals surface area contributed by atoms with Crippen molar-refractivity contribution in [2.75, 3.05) is 0 Å². The van der Waals surface area contributed by atoms with Gasteiger partial charge in [0.05, 0.1) is 11.0 Å². The third-order valence-electron chi connectivity index (χ3n) is 15.0. The van der Waals surface area contributed by atoms with Gasteiger partial charge < -0.3 is 13.4 Å². The monoisotopic (exact) mass is 988 g/mol. The van der Waals surface area contributed by atoms with Gasteiger partial charge in [-0.2, -0.15) is 0 Å². The molecule has 0 amide bonds. The van der Waals surface area contributed by atoms with E-state index in [1.165, 1.54) is 53.1 Å². The van der Waals surface area contributed by atoms with E-state index in [4.69, 9.17) is 23.8 Å². The number of thiophene rings is 1. The van der Waals surface area contributed by atoms with Crippen LogP contribution in [0.15, 0.2) is 251 Å². The average Bonchev–Trinajstić information content (AvgIpc) is 4.29. The van der Waals surface area contributed by atoms with Crippen LogP contribution in [-0.4, -0.2) is 19.5 Å². The van der Waals surface area contributed by atoms with Crippen LogP contribution in [0.5, 0.6) is 0 Å². The maximum atomic E-state index is 6.71. The third kappa shape index (κ3) is 6.69. The highest BCUT2D eigenvalue weighted by Gasteiger charge is 2.23. The number of fused-ring (bicyclic) bond motifs is 12. The minimum absolute atomic E-state index is 0.542. The Morgan fingerprint density at radius 1 is 0.303 bits per heavy atom. The molecule has 6 nitrogen and oxygen atoms in total. The zero-order chi connectivity index (χ0) is 49.8. The van der Waals surface area contributed by atoms with Crippen molar-refractivity contribution in [1.29, 1.82) is 0 Å². The summed E-state index contributed by atoms with van der Waals surface area (Å²) in [4.78, 5) is 15.8. The van der Waals surface area contributed by atoms with E-state index in [0.717, 1.165) is 88.5 Å². The van der Waals surface area contributed by atoms with Crippen LogP contribution < -0.4 is 0 Å². The molecule has 0 aliphatic rings. The predicted molar refractivity (Wildman–Crippen MR) is 314 cm³/mol. The minimum Gasteiger partial charge on any atom is -0.456 e. The van der Waals surface area contributed by atoms with Gasteiger partial charge in [-0.25, -0.2) is 15.0 Å². The normalized spacial score (nSPS) is 11.9.